The van der Waals surface area contributed by atoms with E-state index in [1.807, 2.05) is 0 Å². The minimum atomic E-state index is -4.76. The zero-order valence-corrected chi connectivity index (χ0v) is 17.8. The summed E-state index contributed by atoms with van der Waals surface area (Å²) in [6.07, 6.45) is -7.08. The number of aromatic amines is 1. The van der Waals surface area contributed by atoms with E-state index in [1.54, 1.807) is 6.07 Å². The predicted molar refractivity (Wildman–Crippen MR) is 111 cm³/mol. The number of nitrogens with one attached hydrogen (secondary N) is 2. The fourth-order valence-electron chi connectivity index (χ4n) is 2.73. The fourth-order valence-corrected chi connectivity index (χ4v) is 2.96. The Kier molecular flexibility index (Phi) is 6.46. The van der Waals surface area contributed by atoms with Crippen LogP contribution in [0.3, 0.4) is 0 Å². The number of alkyl halides is 3. The molecule has 1 aromatic carbocycles. The number of rotatable bonds is 5. The first-order chi connectivity index (χ1) is 15.4. The molecule has 1 atom stereocenters. The first kappa shape index (κ1) is 23.8. The van der Waals surface area contributed by atoms with E-state index in [0.29, 0.717) is 11.8 Å². The molecule has 0 bridgehead atoms. The quantitative estimate of drug-likeness (QED) is 0.455. The van der Waals surface area contributed by atoms with Crippen molar-refractivity contribution in [3.05, 3.63) is 52.1 Å². The molecule has 2 aromatic heterocycles. The van der Waals surface area contributed by atoms with Gasteiger partial charge in [0.15, 0.2) is 6.10 Å². The van der Waals surface area contributed by atoms with E-state index in [-0.39, 0.29) is 33.5 Å². The molecule has 4 N–H and O–H groups in total. The number of hydrogen-bond donors (Lipinski definition) is 3. The predicted octanol–water partition coefficient (Wildman–Crippen LogP) is 4.61. The fraction of sp³-hybridized carbons (Fsp3) is 0.200. The largest absolute Gasteiger partial charge is 0.480 e. The molecule has 0 saturated carbocycles. The maximum absolute atomic E-state index is 15.0. The number of benzene rings is 1. The molecule has 8 nitrogen and oxygen atoms in total. The Morgan fingerprint density at radius 3 is 2.61 bits per heavy atom. The number of aromatic nitrogens is 3. The highest BCUT2D eigenvalue weighted by atomic mass is 35.5. The molecule has 1 amide bonds. The summed E-state index contributed by atoms with van der Waals surface area (Å²) < 4.78 is 59.3. The Morgan fingerprint density at radius 2 is 2.06 bits per heavy atom. The maximum Gasteiger partial charge on any atom is 0.425 e. The lowest BCUT2D eigenvalue weighted by molar-refractivity contribution is -0.189. The molecule has 0 aliphatic rings. The number of amides is 1. The summed E-state index contributed by atoms with van der Waals surface area (Å²) in [5, 5.41) is 17.5. The lowest BCUT2D eigenvalue weighted by Gasteiger charge is -2.20. The standard InChI is InChI=1S/C20H15ClF4N6O2/c1-8-16(17(21)31-30-8)29-19(32)12-5-13(22)11(6-15(12)33-9(2)20(23,24)25)14-4-3-10(7-26)18(27)28-14/h3-6,9H,1-2H3,(H2,27,28)(H,29,32)(H,30,31)/t9-/m0/s1. The summed E-state index contributed by atoms with van der Waals surface area (Å²) in [7, 11) is 0. The second kappa shape index (κ2) is 8.95. The van der Waals surface area contributed by atoms with Crippen LogP contribution in [0.5, 0.6) is 5.75 Å². The molecule has 3 rings (SSSR count). The number of pyridine rings is 1. The topological polar surface area (TPSA) is 130 Å². The monoisotopic (exact) mass is 482 g/mol. The van der Waals surface area contributed by atoms with Crippen LogP contribution in [-0.4, -0.2) is 33.4 Å². The van der Waals surface area contributed by atoms with Gasteiger partial charge < -0.3 is 15.8 Å². The summed E-state index contributed by atoms with van der Waals surface area (Å²) >= 11 is 5.91. The minimum absolute atomic E-state index is 0.0265. The zero-order chi connectivity index (χ0) is 24.5. The number of nitrogens with zero attached hydrogens (tertiary/aromatic N) is 3. The van der Waals surface area contributed by atoms with Crippen LogP contribution in [0.15, 0.2) is 24.3 Å². The molecule has 0 unspecified atom stereocenters. The third-order valence-electron chi connectivity index (χ3n) is 4.54. The van der Waals surface area contributed by atoms with Crippen molar-refractivity contribution in [3.8, 4) is 23.1 Å². The SMILES string of the molecule is Cc1n[nH]c(Cl)c1NC(=O)c1cc(F)c(-c2ccc(C#N)c(N)n2)cc1O[C@@H](C)C(F)(F)F. The normalized spacial score (nSPS) is 12.2. The van der Waals surface area contributed by atoms with Crippen LogP contribution in [0.4, 0.5) is 29.1 Å². The van der Waals surface area contributed by atoms with Gasteiger partial charge >= 0.3 is 6.18 Å². The van der Waals surface area contributed by atoms with Gasteiger partial charge in [0.05, 0.1) is 22.5 Å². The summed E-state index contributed by atoms with van der Waals surface area (Å²) in [5.74, 6) is -2.73. The Morgan fingerprint density at radius 1 is 1.36 bits per heavy atom. The van der Waals surface area contributed by atoms with Crippen molar-refractivity contribution in [1.82, 2.24) is 15.2 Å². The number of hydrogen-bond acceptors (Lipinski definition) is 6. The third kappa shape index (κ3) is 4.98. The van der Waals surface area contributed by atoms with E-state index in [9.17, 15) is 22.4 Å². The zero-order valence-electron chi connectivity index (χ0n) is 17.0. The summed E-state index contributed by atoms with van der Waals surface area (Å²) in [6, 6.07) is 5.95. The molecule has 13 heteroatoms. The van der Waals surface area contributed by atoms with Gasteiger partial charge in [0.25, 0.3) is 5.91 Å². The molecular formula is C20H15ClF4N6O2. The van der Waals surface area contributed by atoms with E-state index in [2.05, 4.69) is 20.5 Å². The van der Waals surface area contributed by atoms with Gasteiger partial charge in [-0.1, -0.05) is 11.6 Å². The molecule has 2 heterocycles. The van der Waals surface area contributed by atoms with Crippen LogP contribution in [0.1, 0.15) is 28.5 Å². The molecule has 0 fully saturated rings. The number of nitrogen functional groups attached to an aromatic ring is 1. The third-order valence-corrected chi connectivity index (χ3v) is 4.81. The second-order valence-corrected chi connectivity index (χ2v) is 7.20. The first-order valence-electron chi connectivity index (χ1n) is 9.18. The van der Waals surface area contributed by atoms with Gasteiger partial charge in [-0.15, -0.1) is 0 Å². The lowest BCUT2D eigenvalue weighted by atomic mass is 10.0. The van der Waals surface area contributed by atoms with Gasteiger partial charge in [-0.2, -0.15) is 23.5 Å². The number of nitriles is 1. The van der Waals surface area contributed by atoms with Crippen molar-refractivity contribution in [2.75, 3.05) is 11.1 Å². The van der Waals surface area contributed by atoms with Gasteiger partial charge in [-0.3, -0.25) is 9.89 Å². The molecule has 0 radical (unpaired) electrons. The number of anilines is 2. The Balaban J connectivity index is 2.10. The summed E-state index contributed by atoms with van der Waals surface area (Å²) in [4.78, 5) is 16.7. The second-order valence-electron chi connectivity index (χ2n) is 6.82. The van der Waals surface area contributed by atoms with E-state index in [1.165, 1.54) is 19.1 Å². The average Bonchev–Trinajstić information content (AvgIpc) is 3.05. The van der Waals surface area contributed by atoms with E-state index in [0.717, 1.165) is 13.0 Å². The molecule has 0 saturated heterocycles. The van der Waals surface area contributed by atoms with Crippen molar-refractivity contribution >= 4 is 29.0 Å². The van der Waals surface area contributed by atoms with Crippen molar-refractivity contribution in [3.63, 3.8) is 0 Å². The number of halogens is 5. The van der Waals surface area contributed by atoms with Crippen LogP contribution < -0.4 is 15.8 Å². The summed E-state index contributed by atoms with van der Waals surface area (Å²) in [6.45, 7) is 2.26. The van der Waals surface area contributed by atoms with Crippen LogP contribution in [0.25, 0.3) is 11.3 Å². The van der Waals surface area contributed by atoms with Crippen LogP contribution >= 0.6 is 11.6 Å². The van der Waals surface area contributed by atoms with Gasteiger partial charge in [-0.25, -0.2) is 9.37 Å². The maximum atomic E-state index is 15.0. The molecule has 172 valence electrons. The minimum Gasteiger partial charge on any atom is -0.480 e. The van der Waals surface area contributed by atoms with E-state index < -0.39 is 35.3 Å². The first-order valence-corrected chi connectivity index (χ1v) is 9.55. The van der Waals surface area contributed by atoms with Crippen LogP contribution in [0.2, 0.25) is 5.15 Å². The molecule has 0 aliphatic heterocycles. The van der Waals surface area contributed by atoms with E-state index in [4.69, 9.17) is 27.3 Å². The Bertz CT molecular complexity index is 1250. The molecule has 0 spiro atoms. The van der Waals surface area contributed by atoms with Gasteiger partial charge in [-0.05, 0) is 38.1 Å². The average molecular weight is 483 g/mol. The molecule has 3 aromatic rings. The highest BCUT2D eigenvalue weighted by molar-refractivity contribution is 6.33. The number of ether oxygens (including phenoxy) is 1. The number of nitrogens with two attached hydrogens (primary N) is 1. The summed E-state index contributed by atoms with van der Waals surface area (Å²) in [5.41, 5.74) is 5.17. The van der Waals surface area contributed by atoms with Crippen LogP contribution in [0, 0.1) is 24.1 Å². The lowest BCUT2D eigenvalue weighted by Crippen LogP contribution is -2.32. The molecule has 0 aliphatic carbocycles. The van der Waals surface area contributed by atoms with Gasteiger partial charge in [0.1, 0.15) is 34.3 Å². The van der Waals surface area contributed by atoms with E-state index >= 15 is 0 Å². The van der Waals surface area contributed by atoms with Crippen LogP contribution in [-0.2, 0) is 0 Å². The highest BCUT2D eigenvalue weighted by Crippen LogP contribution is 2.34. The Labute approximate surface area is 189 Å². The molecular weight excluding hydrogens is 468 g/mol. The Hall–Kier alpha value is -3.85. The van der Waals surface area contributed by atoms with Crippen molar-refractivity contribution < 1.29 is 27.1 Å². The number of aryl methyl sites for hydroxylation is 1. The van der Waals surface area contributed by atoms with Gasteiger partial charge in [0, 0.05) is 5.56 Å². The van der Waals surface area contributed by atoms with Crippen molar-refractivity contribution in [1.29, 1.82) is 5.26 Å². The number of carbonyl (C=O) groups is 1. The number of H-pyrrole nitrogens is 1. The smallest absolute Gasteiger partial charge is 0.425 e. The van der Waals surface area contributed by atoms with Gasteiger partial charge in [0.2, 0.25) is 0 Å². The van der Waals surface area contributed by atoms with Crippen molar-refractivity contribution in [2.24, 2.45) is 0 Å². The van der Waals surface area contributed by atoms with Crippen molar-refractivity contribution in [2.45, 2.75) is 26.1 Å². The number of carbonyl (C=O) groups excluding carboxylic acids is 1. The highest BCUT2D eigenvalue weighted by Gasteiger charge is 2.39. The molecule has 33 heavy (non-hydrogen) atoms.